The smallest absolute Gasteiger partial charge is 0.0256 e. The van der Waals surface area contributed by atoms with Crippen molar-refractivity contribution in [3.05, 3.63) is 0 Å². The van der Waals surface area contributed by atoms with Crippen LogP contribution in [0.3, 0.4) is 0 Å². The van der Waals surface area contributed by atoms with E-state index in [1.807, 2.05) is 0 Å². The van der Waals surface area contributed by atoms with Gasteiger partial charge in [-0.3, -0.25) is 10.6 Å². The number of likely N-dealkylation sites (tertiary alicyclic amines) is 1. The van der Waals surface area contributed by atoms with E-state index in [-0.39, 0.29) is 0 Å². The molecule has 75 valence electrons. The first kappa shape index (κ1) is 9.47. The van der Waals surface area contributed by atoms with E-state index in [1.165, 1.54) is 51.5 Å². The monoisotopic (exact) mass is 181 g/mol. The van der Waals surface area contributed by atoms with Gasteiger partial charge in [-0.1, -0.05) is 19.3 Å². The first-order valence-corrected chi connectivity index (χ1v) is 5.82. The fourth-order valence-corrected chi connectivity index (χ4v) is 2.97. The van der Waals surface area contributed by atoms with E-state index in [0.29, 0.717) is 12.6 Å². The van der Waals surface area contributed by atoms with Crippen molar-refractivity contribution < 1.29 is 0 Å². The maximum Gasteiger partial charge on any atom is 0.0256 e. The molecule has 1 saturated heterocycles. The minimum atomic E-state index is 0.600. The second-order valence-electron chi connectivity index (χ2n) is 4.53. The number of hydrogen-bond donors (Lipinski definition) is 0. The fourth-order valence-electron chi connectivity index (χ4n) is 2.97. The van der Waals surface area contributed by atoms with E-state index >= 15 is 0 Å². The Kier molecular flexibility index (Phi) is 3.23. The average molecular weight is 181 g/mol. The number of rotatable bonds is 2. The first-order valence-electron chi connectivity index (χ1n) is 5.82. The highest BCUT2D eigenvalue weighted by Crippen LogP contribution is 2.28. The van der Waals surface area contributed by atoms with Crippen molar-refractivity contribution >= 4 is 0 Å². The lowest BCUT2D eigenvalue weighted by molar-refractivity contribution is 0.144. The fraction of sp³-hybridized carbons (Fsp3) is 1.00. The summed E-state index contributed by atoms with van der Waals surface area (Å²) in [6, 6.07) is 1.44. The minimum absolute atomic E-state index is 0.600. The predicted octanol–water partition coefficient (Wildman–Crippen LogP) is 2.07. The van der Waals surface area contributed by atoms with Crippen LogP contribution in [0, 0.1) is 0 Å². The molecule has 2 fully saturated rings. The molecule has 0 bridgehead atoms. The van der Waals surface area contributed by atoms with Crippen LogP contribution in [0.5, 0.6) is 0 Å². The number of nitrogens with one attached hydrogen (secondary N) is 1. The molecule has 1 aliphatic carbocycles. The summed E-state index contributed by atoms with van der Waals surface area (Å²) in [5, 5.41) is 0. The third-order valence-corrected chi connectivity index (χ3v) is 3.70. The molecular formula is C11H21N2. The van der Waals surface area contributed by atoms with E-state index in [2.05, 4.69) is 4.90 Å². The Morgan fingerprint density at radius 3 is 2.46 bits per heavy atom. The standard InChI is InChI=1S/C11H21N2/c12-9-11-7-4-8-13(11)10-5-2-1-3-6-10/h10-12H,1-9H2. The maximum atomic E-state index is 7.51. The van der Waals surface area contributed by atoms with Crippen LogP contribution in [0.4, 0.5) is 0 Å². The van der Waals surface area contributed by atoms with Crippen molar-refractivity contribution in [1.82, 2.24) is 10.6 Å². The van der Waals surface area contributed by atoms with Gasteiger partial charge in [-0.15, -0.1) is 0 Å². The largest absolute Gasteiger partial charge is 0.296 e. The topological polar surface area (TPSA) is 27.0 Å². The number of hydrogen-bond acceptors (Lipinski definition) is 1. The Morgan fingerprint density at radius 2 is 1.77 bits per heavy atom. The third kappa shape index (κ3) is 2.05. The molecule has 2 rings (SSSR count). The van der Waals surface area contributed by atoms with Gasteiger partial charge in [0.2, 0.25) is 0 Å². The van der Waals surface area contributed by atoms with Crippen molar-refractivity contribution in [1.29, 1.82) is 0 Å². The molecule has 1 N–H and O–H groups in total. The summed E-state index contributed by atoms with van der Waals surface area (Å²) in [6.07, 6.45) is 9.70. The second kappa shape index (κ2) is 4.43. The van der Waals surface area contributed by atoms with Crippen LogP contribution >= 0.6 is 0 Å². The molecule has 0 spiro atoms. The molecule has 2 heteroatoms. The highest BCUT2D eigenvalue weighted by molar-refractivity contribution is 4.86. The van der Waals surface area contributed by atoms with Gasteiger partial charge >= 0.3 is 0 Å². The van der Waals surface area contributed by atoms with Crippen LogP contribution in [0.2, 0.25) is 0 Å². The molecule has 1 saturated carbocycles. The molecule has 0 aromatic heterocycles. The molecule has 1 heterocycles. The van der Waals surface area contributed by atoms with Crippen LogP contribution < -0.4 is 5.73 Å². The molecule has 2 aliphatic rings. The zero-order chi connectivity index (χ0) is 9.10. The molecule has 2 nitrogen and oxygen atoms in total. The molecule has 0 aromatic rings. The molecular weight excluding hydrogens is 160 g/mol. The average Bonchev–Trinajstić information content (AvgIpc) is 2.67. The van der Waals surface area contributed by atoms with Crippen molar-refractivity contribution in [3.8, 4) is 0 Å². The van der Waals surface area contributed by atoms with Gasteiger partial charge in [-0.2, -0.15) is 0 Å². The highest BCUT2D eigenvalue weighted by Gasteiger charge is 2.30. The van der Waals surface area contributed by atoms with E-state index in [9.17, 15) is 0 Å². The normalized spacial score (nSPS) is 32.5. The van der Waals surface area contributed by atoms with Crippen molar-refractivity contribution in [2.45, 2.75) is 57.0 Å². The van der Waals surface area contributed by atoms with Crippen LogP contribution in [-0.4, -0.2) is 30.1 Å². The summed E-state index contributed by atoms with van der Waals surface area (Å²) in [5.41, 5.74) is 7.51. The predicted molar refractivity (Wildman–Crippen MR) is 54.6 cm³/mol. The van der Waals surface area contributed by atoms with Crippen LogP contribution in [-0.2, 0) is 0 Å². The van der Waals surface area contributed by atoms with Crippen LogP contribution in [0.25, 0.3) is 0 Å². The van der Waals surface area contributed by atoms with Gasteiger partial charge in [0.25, 0.3) is 0 Å². The minimum Gasteiger partial charge on any atom is -0.296 e. The van der Waals surface area contributed by atoms with Gasteiger partial charge in [0.1, 0.15) is 0 Å². The molecule has 1 aliphatic heterocycles. The van der Waals surface area contributed by atoms with Crippen molar-refractivity contribution in [2.24, 2.45) is 0 Å². The maximum absolute atomic E-state index is 7.51. The van der Waals surface area contributed by atoms with E-state index < -0.39 is 0 Å². The van der Waals surface area contributed by atoms with Gasteiger partial charge < -0.3 is 0 Å². The summed E-state index contributed by atoms with van der Waals surface area (Å²) in [5.74, 6) is 0. The highest BCUT2D eigenvalue weighted by atomic mass is 15.2. The second-order valence-corrected chi connectivity index (χ2v) is 4.53. The zero-order valence-corrected chi connectivity index (χ0v) is 8.47. The quantitative estimate of drug-likeness (QED) is 0.640. The van der Waals surface area contributed by atoms with Crippen LogP contribution in [0.1, 0.15) is 44.9 Å². The lowest BCUT2D eigenvalue weighted by atomic mass is 9.94. The molecule has 0 amide bonds. The Labute approximate surface area is 81.5 Å². The molecule has 1 radical (unpaired) electrons. The van der Waals surface area contributed by atoms with Gasteiger partial charge in [-0.05, 0) is 32.2 Å². The van der Waals surface area contributed by atoms with Gasteiger partial charge in [0.05, 0.1) is 0 Å². The Bertz CT molecular complexity index is 152. The Morgan fingerprint density at radius 1 is 1.00 bits per heavy atom. The molecule has 0 aromatic carbocycles. The number of nitrogens with zero attached hydrogens (tertiary/aromatic N) is 1. The molecule has 13 heavy (non-hydrogen) atoms. The van der Waals surface area contributed by atoms with Crippen LogP contribution in [0.15, 0.2) is 0 Å². The Hall–Kier alpha value is -0.0800. The summed E-state index contributed by atoms with van der Waals surface area (Å²) < 4.78 is 0. The summed E-state index contributed by atoms with van der Waals surface area (Å²) in [6.45, 7) is 1.89. The summed E-state index contributed by atoms with van der Waals surface area (Å²) in [4.78, 5) is 2.63. The van der Waals surface area contributed by atoms with E-state index in [0.717, 1.165) is 6.04 Å². The van der Waals surface area contributed by atoms with E-state index in [4.69, 9.17) is 5.73 Å². The van der Waals surface area contributed by atoms with Gasteiger partial charge in [0.15, 0.2) is 0 Å². The van der Waals surface area contributed by atoms with E-state index in [1.54, 1.807) is 0 Å². The lowest BCUT2D eigenvalue weighted by Crippen LogP contribution is -2.42. The lowest BCUT2D eigenvalue weighted by Gasteiger charge is -2.34. The summed E-state index contributed by atoms with van der Waals surface area (Å²) in [7, 11) is 0. The summed E-state index contributed by atoms with van der Waals surface area (Å²) >= 11 is 0. The van der Waals surface area contributed by atoms with Crippen molar-refractivity contribution in [3.63, 3.8) is 0 Å². The van der Waals surface area contributed by atoms with Crippen molar-refractivity contribution in [2.75, 3.05) is 13.1 Å². The third-order valence-electron chi connectivity index (χ3n) is 3.70. The molecule has 1 unspecified atom stereocenters. The van der Waals surface area contributed by atoms with Gasteiger partial charge in [0, 0.05) is 18.6 Å². The first-order chi connectivity index (χ1) is 6.42. The SMILES string of the molecule is [NH]CC1CCCN1C1CCCCC1. The zero-order valence-electron chi connectivity index (χ0n) is 8.47. The Balaban J connectivity index is 1.90. The molecule has 1 atom stereocenters. The van der Waals surface area contributed by atoms with Gasteiger partial charge in [-0.25, -0.2) is 0 Å².